The van der Waals surface area contributed by atoms with Crippen LogP contribution in [-0.4, -0.2) is 23.6 Å². The number of rotatable bonds is 6. The molecule has 8 nitrogen and oxygen atoms in total. The number of amides is 4. The maximum absolute atomic E-state index is 12.6. The highest BCUT2D eigenvalue weighted by Crippen LogP contribution is 2.27. The lowest BCUT2D eigenvalue weighted by molar-refractivity contribution is -0.115. The molecule has 4 N–H and O–H groups in total. The first-order chi connectivity index (χ1) is 16.1. The minimum absolute atomic E-state index is 0.235. The van der Waals surface area contributed by atoms with Crippen LogP contribution < -0.4 is 21.3 Å². The van der Waals surface area contributed by atoms with Crippen LogP contribution in [0.2, 0.25) is 10.0 Å². The average molecular weight is 499 g/mol. The molecule has 0 atom stereocenters. The Balaban J connectivity index is 1.65. The summed E-state index contributed by atoms with van der Waals surface area (Å²) in [6.07, 6.45) is 0. The molecule has 3 aromatic rings. The third-order valence-corrected chi connectivity index (χ3v) is 5.11. The molecule has 3 rings (SSSR count). The van der Waals surface area contributed by atoms with Crippen molar-refractivity contribution in [2.45, 2.75) is 13.8 Å². The summed E-state index contributed by atoms with van der Waals surface area (Å²) in [6.45, 7) is 2.76. The highest BCUT2D eigenvalue weighted by atomic mass is 35.5. The normalized spacial score (nSPS) is 10.2. The van der Waals surface area contributed by atoms with Crippen molar-refractivity contribution in [2.75, 3.05) is 21.3 Å². The van der Waals surface area contributed by atoms with Gasteiger partial charge in [0.2, 0.25) is 11.8 Å². The lowest BCUT2D eigenvalue weighted by Gasteiger charge is -2.11. The number of benzene rings is 3. The second kappa shape index (κ2) is 10.8. The van der Waals surface area contributed by atoms with Crippen molar-refractivity contribution in [1.29, 1.82) is 0 Å². The van der Waals surface area contributed by atoms with Gasteiger partial charge in [0.1, 0.15) is 0 Å². The minimum Gasteiger partial charge on any atom is -0.326 e. The van der Waals surface area contributed by atoms with E-state index in [-0.39, 0.29) is 21.9 Å². The lowest BCUT2D eigenvalue weighted by Crippen LogP contribution is -2.15. The van der Waals surface area contributed by atoms with Crippen molar-refractivity contribution in [3.05, 3.63) is 81.8 Å². The van der Waals surface area contributed by atoms with Gasteiger partial charge in [-0.1, -0.05) is 23.2 Å². The molecule has 174 valence electrons. The van der Waals surface area contributed by atoms with Gasteiger partial charge in [-0.3, -0.25) is 19.2 Å². The van der Waals surface area contributed by atoms with Crippen LogP contribution in [0.1, 0.15) is 34.6 Å². The molecule has 0 aliphatic rings. The summed E-state index contributed by atoms with van der Waals surface area (Å²) in [6, 6.07) is 15.5. The second-order valence-corrected chi connectivity index (χ2v) is 8.05. The van der Waals surface area contributed by atoms with E-state index in [0.717, 1.165) is 0 Å². The third-order valence-electron chi connectivity index (χ3n) is 4.48. The van der Waals surface area contributed by atoms with Gasteiger partial charge in [0.25, 0.3) is 11.8 Å². The Morgan fingerprint density at radius 3 is 1.21 bits per heavy atom. The molecule has 3 aromatic carbocycles. The molecule has 0 saturated heterocycles. The van der Waals surface area contributed by atoms with Crippen molar-refractivity contribution >= 4 is 69.6 Å². The Bertz CT molecular complexity index is 1180. The molecule has 0 aliphatic carbocycles. The monoisotopic (exact) mass is 498 g/mol. The van der Waals surface area contributed by atoms with Gasteiger partial charge >= 0.3 is 0 Å². The van der Waals surface area contributed by atoms with Crippen molar-refractivity contribution in [1.82, 2.24) is 0 Å². The number of halogens is 2. The number of carbonyl (C=O) groups is 4. The Morgan fingerprint density at radius 2 is 0.912 bits per heavy atom. The van der Waals surface area contributed by atoms with Crippen molar-refractivity contribution in [3.8, 4) is 0 Å². The zero-order valence-corrected chi connectivity index (χ0v) is 19.7. The van der Waals surface area contributed by atoms with E-state index in [1.807, 2.05) is 0 Å². The summed E-state index contributed by atoms with van der Waals surface area (Å²) >= 11 is 12.4. The van der Waals surface area contributed by atoms with Crippen molar-refractivity contribution in [2.24, 2.45) is 0 Å². The van der Waals surface area contributed by atoms with Crippen molar-refractivity contribution < 1.29 is 19.2 Å². The molecule has 0 aliphatic heterocycles. The quantitative estimate of drug-likeness (QED) is 0.363. The predicted octanol–water partition coefficient (Wildman–Crippen LogP) is 5.41. The van der Waals surface area contributed by atoms with Gasteiger partial charge in [-0.15, -0.1) is 0 Å². The molecule has 0 aromatic heterocycles. The first-order valence-corrected chi connectivity index (χ1v) is 10.7. The molecule has 0 spiro atoms. The van der Waals surface area contributed by atoms with E-state index in [0.29, 0.717) is 33.9 Å². The fourth-order valence-electron chi connectivity index (χ4n) is 2.96. The predicted molar refractivity (Wildman–Crippen MR) is 134 cm³/mol. The molecule has 0 unspecified atom stereocenters. The number of anilines is 4. The maximum atomic E-state index is 12.6. The summed E-state index contributed by atoms with van der Waals surface area (Å²) in [5.74, 6) is -1.31. The van der Waals surface area contributed by atoms with E-state index in [1.54, 1.807) is 24.3 Å². The molecular formula is C24H20Cl2N4O4. The third kappa shape index (κ3) is 6.57. The van der Waals surface area contributed by atoms with E-state index in [1.165, 1.54) is 50.2 Å². The van der Waals surface area contributed by atoms with E-state index < -0.39 is 11.8 Å². The number of hydrogen-bond donors (Lipinski definition) is 4. The van der Waals surface area contributed by atoms with Crippen LogP contribution in [0.3, 0.4) is 0 Å². The molecule has 0 saturated carbocycles. The minimum atomic E-state index is -0.419. The fourth-order valence-corrected chi connectivity index (χ4v) is 3.41. The first-order valence-electron chi connectivity index (χ1n) is 9.99. The van der Waals surface area contributed by atoms with E-state index in [9.17, 15) is 19.2 Å². The van der Waals surface area contributed by atoms with Crippen LogP contribution in [0.15, 0.2) is 60.7 Å². The highest BCUT2D eigenvalue weighted by molar-refractivity contribution is 6.34. The summed E-state index contributed by atoms with van der Waals surface area (Å²) in [7, 11) is 0. The van der Waals surface area contributed by atoms with Gasteiger partial charge in [0.15, 0.2) is 0 Å². The highest BCUT2D eigenvalue weighted by Gasteiger charge is 2.13. The van der Waals surface area contributed by atoms with E-state index >= 15 is 0 Å². The largest absolute Gasteiger partial charge is 0.326 e. The summed E-state index contributed by atoms with van der Waals surface area (Å²) in [5.41, 5.74) is 2.40. The van der Waals surface area contributed by atoms with Gasteiger partial charge < -0.3 is 21.3 Å². The van der Waals surface area contributed by atoms with Gasteiger partial charge in [-0.2, -0.15) is 0 Å². The molecule has 4 amide bonds. The molecule has 0 fully saturated rings. The van der Waals surface area contributed by atoms with Crippen LogP contribution in [0.25, 0.3) is 0 Å². The Labute approximate surface area is 205 Å². The fraction of sp³-hybridized carbons (Fsp3) is 0.0833. The van der Waals surface area contributed by atoms with Crippen LogP contribution in [0.4, 0.5) is 22.7 Å². The summed E-state index contributed by atoms with van der Waals surface area (Å²) < 4.78 is 0. The molecule has 0 radical (unpaired) electrons. The zero-order valence-electron chi connectivity index (χ0n) is 18.2. The van der Waals surface area contributed by atoms with Crippen LogP contribution in [0, 0.1) is 0 Å². The van der Waals surface area contributed by atoms with Crippen LogP contribution in [0.5, 0.6) is 0 Å². The van der Waals surface area contributed by atoms with Gasteiger partial charge in [-0.05, 0) is 60.7 Å². The Morgan fingerprint density at radius 1 is 0.559 bits per heavy atom. The SMILES string of the molecule is CC(=O)Nc1ccc(NC(=O)c2ccc(C(=O)Nc3ccc(NC(C)=O)cc3Cl)cc2)c(Cl)c1. The summed E-state index contributed by atoms with van der Waals surface area (Å²) in [4.78, 5) is 47.4. The van der Waals surface area contributed by atoms with Crippen LogP contribution in [-0.2, 0) is 9.59 Å². The van der Waals surface area contributed by atoms with Gasteiger partial charge in [0, 0.05) is 36.3 Å². The maximum Gasteiger partial charge on any atom is 0.255 e. The van der Waals surface area contributed by atoms with Crippen LogP contribution >= 0.6 is 23.2 Å². The van der Waals surface area contributed by atoms with Gasteiger partial charge in [0.05, 0.1) is 21.4 Å². The topological polar surface area (TPSA) is 116 Å². The number of nitrogens with one attached hydrogen (secondary N) is 4. The van der Waals surface area contributed by atoms with Gasteiger partial charge in [-0.25, -0.2) is 0 Å². The average Bonchev–Trinajstić information content (AvgIpc) is 2.76. The summed E-state index contributed by atoms with van der Waals surface area (Å²) in [5, 5.41) is 11.1. The first kappa shape index (κ1) is 24.8. The molecular weight excluding hydrogens is 479 g/mol. The smallest absolute Gasteiger partial charge is 0.255 e. The standard InChI is InChI=1S/C24H20Cl2N4O4/c1-13(31)27-17-7-9-21(19(25)11-17)29-23(33)15-3-5-16(6-4-15)24(34)30-22-10-8-18(12-20(22)26)28-14(2)32/h3-12H,1-2H3,(H,27,31)(H,28,32)(H,29,33)(H,30,34). The molecule has 0 heterocycles. The Kier molecular flexibility index (Phi) is 7.88. The van der Waals surface area contributed by atoms with Crippen molar-refractivity contribution in [3.63, 3.8) is 0 Å². The number of carbonyl (C=O) groups excluding carboxylic acids is 4. The van der Waals surface area contributed by atoms with E-state index in [4.69, 9.17) is 23.2 Å². The van der Waals surface area contributed by atoms with E-state index in [2.05, 4.69) is 21.3 Å². The Hall–Kier alpha value is -3.88. The lowest BCUT2D eigenvalue weighted by atomic mass is 10.1. The molecule has 10 heteroatoms. The molecule has 34 heavy (non-hydrogen) atoms. The second-order valence-electron chi connectivity index (χ2n) is 7.24. The number of hydrogen-bond acceptors (Lipinski definition) is 4. The molecule has 0 bridgehead atoms. The zero-order chi connectivity index (χ0) is 24.8.